The van der Waals surface area contributed by atoms with Crippen molar-refractivity contribution in [1.29, 1.82) is 0 Å². The molecule has 1 fully saturated rings. The van der Waals surface area contributed by atoms with Gasteiger partial charge in [0.15, 0.2) is 0 Å². The van der Waals surface area contributed by atoms with Crippen LogP contribution in [0, 0.1) is 0 Å². The van der Waals surface area contributed by atoms with Crippen molar-refractivity contribution in [3.8, 4) is 0 Å². The van der Waals surface area contributed by atoms with Gasteiger partial charge in [0.25, 0.3) is 0 Å². The van der Waals surface area contributed by atoms with Crippen LogP contribution >= 0.6 is 0 Å². The van der Waals surface area contributed by atoms with Gasteiger partial charge in [0, 0.05) is 18.7 Å². The summed E-state index contributed by atoms with van der Waals surface area (Å²) in [6.45, 7) is 4.49. The number of nitrogens with zero attached hydrogens (tertiary/aromatic N) is 1. The normalized spacial score (nSPS) is 19.3. The molecule has 0 unspecified atom stereocenters. The third-order valence-electron chi connectivity index (χ3n) is 3.30. The molecule has 7 nitrogen and oxygen atoms in total. The fourth-order valence-electron chi connectivity index (χ4n) is 2.25. The van der Waals surface area contributed by atoms with Crippen LogP contribution in [0.15, 0.2) is 23.1 Å². The second-order valence-electron chi connectivity index (χ2n) is 5.56. The minimum atomic E-state index is -3.73. The van der Waals surface area contributed by atoms with Gasteiger partial charge in [0.05, 0.1) is 17.9 Å². The van der Waals surface area contributed by atoms with E-state index in [2.05, 4.69) is 0 Å². The van der Waals surface area contributed by atoms with Crippen molar-refractivity contribution in [2.45, 2.75) is 24.3 Å². The lowest BCUT2D eigenvalue weighted by atomic mass is 10.1. The number of morpholine rings is 1. The van der Waals surface area contributed by atoms with E-state index in [1.54, 1.807) is 0 Å². The molecule has 0 bridgehead atoms. The van der Waals surface area contributed by atoms with Gasteiger partial charge in [-0.25, -0.2) is 8.42 Å². The average Bonchev–Trinajstić information content (AvgIpc) is 2.36. The van der Waals surface area contributed by atoms with E-state index in [0.29, 0.717) is 6.61 Å². The lowest BCUT2D eigenvalue weighted by Crippen LogP contribution is -2.50. The molecule has 1 aromatic rings. The molecule has 1 heterocycles. The van der Waals surface area contributed by atoms with E-state index >= 15 is 0 Å². The molecule has 1 aromatic carbocycles. The summed E-state index contributed by atoms with van der Waals surface area (Å²) in [5.41, 5.74) is 10.6. The second-order valence-corrected chi connectivity index (χ2v) is 7.47. The summed E-state index contributed by atoms with van der Waals surface area (Å²) in [5, 5.41) is 0. The molecule has 0 aliphatic carbocycles. The zero-order valence-corrected chi connectivity index (χ0v) is 12.8. The number of rotatable bonds is 3. The van der Waals surface area contributed by atoms with Gasteiger partial charge in [-0.2, -0.15) is 4.31 Å². The monoisotopic (exact) mass is 313 g/mol. The maximum Gasteiger partial charge on any atom is 0.248 e. The van der Waals surface area contributed by atoms with Crippen molar-refractivity contribution in [1.82, 2.24) is 4.31 Å². The Labute approximate surface area is 123 Å². The molecule has 4 N–H and O–H groups in total. The first-order valence-corrected chi connectivity index (χ1v) is 7.91. The highest BCUT2D eigenvalue weighted by Gasteiger charge is 2.35. The maximum absolute atomic E-state index is 12.7. The molecule has 8 heteroatoms. The van der Waals surface area contributed by atoms with Gasteiger partial charge in [0.1, 0.15) is 4.90 Å². The van der Waals surface area contributed by atoms with E-state index < -0.39 is 21.5 Å². The number of hydrogen-bond acceptors (Lipinski definition) is 5. The van der Waals surface area contributed by atoms with Gasteiger partial charge in [-0.05, 0) is 32.0 Å². The highest BCUT2D eigenvalue weighted by molar-refractivity contribution is 7.89. The number of nitrogens with two attached hydrogens (primary N) is 2. The minimum Gasteiger partial charge on any atom is -0.398 e. The first kappa shape index (κ1) is 15.7. The topological polar surface area (TPSA) is 116 Å². The Morgan fingerprint density at radius 2 is 2.05 bits per heavy atom. The van der Waals surface area contributed by atoms with Crippen LogP contribution in [-0.4, -0.2) is 43.9 Å². The third kappa shape index (κ3) is 3.17. The summed E-state index contributed by atoms with van der Waals surface area (Å²) in [4.78, 5) is 11.1. The lowest BCUT2D eigenvalue weighted by Gasteiger charge is -2.37. The van der Waals surface area contributed by atoms with E-state index in [4.69, 9.17) is 16.2 Å². The summed E-state index contributed by atoms with van der Waals surface area (Å²) in [5.74, 6) is -0.654. The van der Waals surface area contributed by atoms with Crippen LogP contribution in [0.4, 0.5) is 5.69 Å². The summed E-state index contributed by atoms with van der Waals surface area (Å²) >= 11 is 0. The Hall–Kier alpha value is -1.64. The first-order chi connectivity index (χ1) is 9.63. The van der Waals surface area contributed by atoms with Crippen LogP contribution in [0.25, 0.3) is 0 Å². The van der Waals surface area contributed by atoms with Crippen molar-refractivity contribution < 1.29 is 17.9 Å². The van der Waals surface area contributed by atoms with Gasteiger partial charge in [0.2, 0.25) is 15.9 Å². The second kappa shape index (κ2) is 5.28. The molecule has 0 aromatic heterocycles. The number of carbonyl (C=O) groups is 1. The van der Waals surface area contributed by atoms with E-state index in [1.807, 2.05) is 13.8 Å². The van der Waals surface area contributed by atoms with Crippen molar-refractivity contribution in [3.63, 3.8) is 0 Å². The first-order valence-electron chi connectivity index (χ1n) is 6.47. The molecule has 0 atom stereocenters. The zero-order valence-electron chi connectivity index (χ0n) is 12.0. The molecular formula is C13H19N3O4S. The molecular weight excluding hydrogens is 294 g/mol. The predicted molar refractivity (Wildman–Crippen MR) is 78.2 cm³/mol. The lowest BCUT2D eigenvalue weighted by molar-refractivity contribution is -0.0640. The van der Waals surface area contributed by atoms with E-state index in [0.717, 1.165) is 0 Å². The molecule has 1 saturated heterocycles. The molecule has 0 spiro atoms. The summed E-state index contributed by atoms with van der Waals surface area (Å²) in [6.07, 6.45) is 0. The van der Waals surface area contributed by atoms with Crippen molar-refractivity contribution >= 4 is 21.6 Å². The van der Waals surface area contributed by atoms with Gasteiger partial charge in [-0.3, -0.25) is 4.79 Å². The van der Waals surface area contributed by atoms with Gasteiger partial charge in [-0.1, -0.05) is 0 Å². The molecule has 21 heavy (non-hydrogen) atoms. The smallest absolute Gasteiger partial charge is 0.248 e. The molecule has 2 rings (SSSR count). The molecule has 0 radical (unpaired) electrons. The fourth-order valence-corrected chi connectivity index (χ4v) is 3.92. The van der Waals surface area contributed by atoms with E-state index in [1.165, 1.54) is 22.5 Å². The largest absolute Gasteiger partial charge is 0.398 e. The number of sulfonamides is 1. The Morgan fingerprint density at radius 1 is 1.38 bits per heavy atom. The van der Waals surface area contributed by atoms with Gasteiger partial charge in [-0.15, -0.1) is 0 Å². The number of nitrogen functional groups attached to an aromatic ring is 1. The van der Waals surface area contributed by atoms with Crippen LogP contribution in [0.5, 0.6) is 0 Å². The fraction of sp³-hybridized carbons (Fsp3) is 0.462. The van der Waals surface area contributed by atoms with Crippen LogP contribution < -0.4 is 11.5 Å². The third-order valence-corrected chi connectivity index (χ3v) is 5.22. The van der Waals surface area contributed by atoms with Crippen molar-refractivity contribution in [3.05, 3.63) is 23.8 Å². The Balaban J connectivity index is 2.38. The average molecular weight is 313 g/mol. The highest BCUT2D eigenvalue weighted by Crippen LogP contribution is 2.27. The van der Waals surface area contributed by atoms with E-state index in [-0.39, 0.29) is 29.2 Å². The van der Waals surface area contributed by atoms with E-state index in [9.17, 15) is 13.2 Å². The predicted octanol–water partition coefficient (Wildman–Crippen LogP) is 0.167. The van der Waals surface area contributed by atoms with Crippen LogP contribution in [-0.2, 0) is 14.8 Å². The Kier molecular flexibility index (Phi) is 3.96. The molecule has 1 amide bonds. The van der Waals surface area contributed by atoms with Crippen LogP contribution in [0.3, 0.4) is 0 Å². The van der Waals surface area contributed by atoms with Crippen LogP contribution in [0.1, 0.15) is 24.2 Å². The van der Waals surface area contributed by atoms with Crippen LogP contribution in [0.2, 0.25) is 0 Å². The number of primary amides is 1. The number of anilines is 1. The molecule has 1 aliphatic heterocycles. The Morgan fingerprint density at radius 3 is 2.57 bits per heavy atom. The maximum atomic E-state index is 12.7. The number of ether oxygens (including phenoxy) is 1. The van der Waals surface area contributed by atoms with Gasteiger partial charge >= 0.3 is 0 Å². The van der Waals surface area contributed by atoms with Crippen molar-refractivity contribution in [2.75, 3.05) is 25.4 Å². The zero-order chi connectivity index (χ0) is 15.8. The summed E-state index contributed by atoms with van der Waals surface area (Å²) in [6, 6.07) is 3.95. The molecule has 1 aliphatic rings. The SMILES string of the molecule is CC1(C)CN(S(=O)(=O)c2ccc(C(N)=O)cc2N)CCO1. The molecule has 116 valence electrons. The summed E-state index contributed by atoms with van der Waals surface area (Å²) in [7, 11) is -3.73. The number of carbonyl (C=O) groups excluding carboxylic acids is 1. The highest BCUT2D eigenvalue weighted by atomic mass is 32.2. The quantitative estimate of drug-likeness (QED) is 0.772. The van der Waals surface area contributed by atoms with Crippen molar-refractivity contribution in [2.24, 2.45) is 5.73 Å². The standard InChI is InChI=1S/C13H19N3O4S/c1-13(2)8-16(5-6-20-13)21(18,19)11-4-3-9(12(15)17)7-10(11)14/h3-4,7H,5-6,8,14H2,1-2H3,(H2,15,17). The van der Waals surface area contributed by atoms with Gasteiger partial charge < -0.3 is 16.2 Å². The minimum absolute atomic E-state index is 0.00981. The Bertz CT molecular complexity index is 670. The molecule has 0 saturated carbocycles. The number of hydrogen-bond donors (Lipinski definition) is 2. The summed E-state index contributed by atoms with van der Waals surface area (Å²) < 4.78 is 32.2. The number of benzene rings is 1. The number of amides is 1.